The highest BCUT2D eigenvalue weighted by atomic mass is 32.1. The molecule has 0 aliphatic rings. The summed E-state index contributed by atoms with van der Waals surface area (Å²) in [6.07, 6.45) is 0.469. The Hall–Kier alpha value is -1.88. The first kappa shape index (κ1) is 13.5. The first-order valence-corrected chi connectivity index (χ1v) is 6.66. The smallest absolute Gasteiger partial charge is 0.347 e. The molecule has 2 rings (SSSR count). The van der Waals surface area contributed by atoms with Crippen LogP contribution in [0.3, 0.4) is 0 Å². The lowest BCUT2D eigenvalue weighted by Gasteiger charge is -2.08. The summed E-state index contributed by atoms with van der Waals surface area (Å²) < 4.78 is 5.31. The minimum absolute atomic E-state index is 0.307. The van der Waals surface area contributed by atoms with Crippen LogP contribution in [0, 0.1) is 13.8 Å². The van der Waals surface area contributed by atoms with Crippen molar-refractivity contribution in [2.24, 2.45) is 0 Å². The van der Waals surface area contributed by atoms with Crippen LogP contribution in [0.4, 0.5) is 0 Å². The number of carboxylic acid groups (broad SMARTS) is 1. The van der Waals surface area contributed by atoms with Gasteiger partial charge in [-0.3, -0.25) is 0 Å². The minimum atomic E-state index is -0.924. The monoisotopic (exact) mass is 277 g/mol. The second-order valence-corrected chi connectivity index (χ2v) is 5.51. The summed E-state index contributed by atoms with van der Waals surface area (Å²) in [7, 11) is 1.61. The topological polar surface area (TPSA) is 59.4 Å². The van der Waals surface area contributed by atoms with Gasteiger partial charge in [0.15, 0.2) is 0 Å². The van der Waals surface area contributed by atoms with Crippen molar-refractivity contribution in [1.82, 2.24) is 4.98 Å². The van der Waals surface area contributed by atoms with Gasteiger partial charge in [0.2, 0.25) is 0 Å². The maximum atomic E-state index is 11.2. The van der Waals surface area contributed by atoms with Crippen LogP contribution in [-0.2, 0) is 6.42 Å². The molecular formula is C14H15NO3S. The van der Waals surface area contributed by atoms with Crippen LogP contribution < -0.4 is 4.74 Å². The molecule has 0 bridgehead atoms. The molecule has 0 radical (unpaired) electrons. The summed E-state index contributed by atoms with van der Waals surface area (Å²) in [4.78, 5) is 15.8. The van der Waals surface area contributed by atoms with Gasteiger partial charge in [0.05, 0.1) is 17.8 Å². The summed E-state index contributed by atoms with van der Waals surface area (Å²) in [6.45, 7) is 3.81. The van der Waals surface area contributed by atoms with E-state index in [0.29, 0.717) is 17.0 Å². The standard InChI is InChI=1S/C14H15NO3S/c1-8-4-5-12(18-3)10(6-8)7-11-13(14(16)17)19-9(2)15-11/h4-6H,7H2,1-3H3,(H,16,17). The Bertz CT molecular complexity index is 619. The van der Waals surface area contributed by atoms with E-state index in [2.05, 4.69) is 4.98 Å². The molecule has 0 saturated carbocycles. The summed E-state index contributed by atoms with van der Waals surface area (Å²) in [5, 5.41) is 9.94. The average Bonchev–Trinajstić information content (AvgIpc) is 2.71. The van der Waals surface area contributed by atoms with Gasteiger partial charge in [0, 0.05) is 12.0 Å². The van der Waals surface area contributed by atoms with Crippen LogP contribution in [0.2, 0.25) is 0 Å². The summed E-state index contributed by atoms with van der Waals surface area (Å²) in [5.74, 6) is -0.167. The number of aromatic nitrogens is 1. The van der Waals surface area contributed by atoms with E-state index in [4.69, 9.17) is 4.74 Å². The fraction of sp³-hybridized carbons (Fsp3) is 0.286. The molecular weight excluding hydrogens is 262 g/mol. The number of hydrogen-bond acceptors (Lipinski definition) is 4. The molecule has 100 valence electrons. The van der Waals surface area contributed by atoms with Crippen LogP contribution in [0.1, 0.15) is 31.5 Å². The zero-order valence-corrected chi connectivity index (χ0v) is 11.9. The Labute approximate surface area is 115 Å². The van der Waals surface area contributed by atoms with Gasteiger partial charge in [-0.05, 0) is 19.9 Å². The van der Waals surface area contributed by atoms with Gasteiger partial charge in [-0.2, -0.15) is 0 Å². The number of carbonyl (C=O) groups is 1. The molecule has 19 heavy (non-hydrogen) atoms. The molecule has 1 N–H and O–H groups in total. The van der Waals surface area contributed by atoms with Crippen LogP contribution in [0.5, 0.6) is 5.75 Å². The highest BCUT2D eigenvalue weighted by Crippen LogP contribution is 2.26. The number of hydrogen-bond donors (Lipinski definition) is 1. The summed E-state index contributed by atoms with van der Waals surface area (Å²) >= 11 is 1.21. The number of aryl methyl sites for hydroxylation is 2. The number of methoxy groups -OCH3 is 1. The minimum Gasteiger partial charge on any atom is -0.496 e. The Balaban J connectivity index is 2.41. The maximum absolute atomic E-state index is 11.2. The van der Waals surface area contributed by atoms with Crippen LogP contribution in [0.15, 0.2) is 18.2 Å². The van der Waals surface area contributed by atoms with E-state index in [1.807, 2.05) is 32.0 Å². The highest BCUT2D eigenvalue weighted by molar-refractivity contribution is 7.13. The molecule has 0 spiro atoms. The van der Waals surface area contributed by atoms with E-state index in [1.54, 1.807) is 7.11 Å². The molecule has 0 aliphatic heterocycles. The fourth-order valence-electron chi connectivity index (χ4n) is 1.98. The number of thiazole rings is 1. The summed E-state index contributed by atoms with van der Waals surface area (Å²) in [6, 6.07) is 5.86. The Morgan fingerprint density at radius 1 is 1.42 bits per heavy atom. The Morgan fingerprint density at radius 3 is 2.79 bits per heavy atom. The van der Waals surface area contributed by atoms with Crippen molar-refractivity contribution in [3.05, 3.63) is 44.9 Å². The maximum Gasteiger partial charge on any atom is 0.347 e. The van der Waals surface area contributed by atoms with Crippen molar-refractivity contribution < 1.29 is 14.6 Å². The van der Waals surface area contributed by atoms with Gasteiger partial charge in [0.1, 0.15) is 10.6 Å². The molecule has 1 aromatic carbocycles. The van der Waals surface area contributed by atoms with E-state index in [9.17, 15) is 9.90 Å². The SMILES string of the molecule is COc1ccc(C)cc1Cc1nc(C)sc1C(=O)O. The van der Waals surface area contributed by atoms with Gasteiger partial charge in [-0.15, -0.1) is 11.3 Å². The van der Waals surface area contributed by atoms with Crippen molar-refractivity contribution in [1.29, 1.82) is 0 Å². The van der Waals surface area contributed by atoms with E-state index >= 15 is 0 Å². The van der Waals surface area contributed by atoms with Gasteiger partial charge in [0.25, 0.3) is 0 Å². The zero-order valence-electron chi connectivity index (χ0n) is 11.1. The first-order valence-electron chi connectivity index (χ1n) is 5.84. The van der Waals surface area contributed by atoms with Crippen molar-refractivity contribution >= 4 is 17.3 Å². The summed E-state index contributed by atoms with van der Waals surface area (Å²) in [5.41, 5.74) is 2.66. The first-order chi connectivity index (χ1) is 9.01. The molecule has 2 aromatic rings. The van der Waals surface area contributed by atoms with Crippen LogP contribution >= 0.6 is 11.3 Å². The molecule has 0 amide bonds. The molecule has 4 nitrogen and oxygen atoms in total. The molecule has 1 heterocycles. The number of aromatic carboxylic acids is 1. The third-order valence-corrected chi connectivity index (χ3v) is 3.79. The second kappa shape index (κ2) is 5.40. The van der Waals surface area contributed by atoms with Crippen molar-refractivity contribution in [3.8, 4) is 5.75 Å². The van der Waals surface area contributed by atoms with E-state index in [0.717, 1.165) is 21.9 Å². The third kappa shape index (κ3) is 2.93. The molecule has 0 aliphatic carbocycles. The van der Waals surface area contributed by atoms with Crippen molar-refractivity contribution in [2.45, 2.75) is 20.3 Å². The molecule has 0 fully saturated rings. The number of carboxylic acids is 1. The number of benzene rings is 1. The molecule has 0 saturated heterocycles. The lowest BCUT2D eigenvalue weighted by atomic mass is 10.1. The number of ether oxygens (including phenoxy) is 1. The van der Waals surface area contributed by atoms with E-state index in [1.165, 1.54) is 11.3 Å². The molecule has 1 aromatic heterocycles. The van der Waals surface area contributed by atoms with Gasteiger partial charge in [-0.25, -0.2) is 9.78 Å². The van der Waals surface area contributed by atoms with Crippen LogP contribution in [0.25, 0.3) is 0 Å². The van der Waals surface area contributed by atoms with E-state index in [-0.39, 0.29) is 0 Å². The van der Waals surface area contributed by atoms with Gasteiger partial charge >= 0.3 is 5.97 Å². The number of rotatable bonds is 4. The predicted octanol–water partition coefficient (Wildman–Crippen LogP) is 3.06. The van der Waals surface area contributed by atoms with Gasteiger partial charge in [-0.1, -0.05) is 17.7 Å². The van der Waals surface area contributed by atoms with Crippen molar-refractivity contribution in [3.63, 3.8) is 0 Å². The Kier molecular flexibility index (Phi) is 3.85. The molecule has 0 atom stereocenters. The second-order valence-electron chi connectivity index (χ2n) is 4.31. The zero-order chi connectivity index (χ0) is 14.0. The van der Waals surface area contributed by atoms with Gasteiger partial charge < -0.3 is 9.84 Å². The third-order valence-electron chi connectivity index (χ3n) is 2.79. The highest BCUT2D eigenvalue weighted by Gasteiger charge is 2.17. The van der Waals surface area contributed by atoms with Crippen LogP contribution in [-0.4, -0.2) is 23.2 Å². The van der Waals surface area contributed by atoms with Crippen molar-refractivity contribution in [2.75, 3.05) is 7.11 Å². The lowest BCUT2D eigenvalue weighted by Crippen LogP contribution is -2.01. The van der Waals surface area contributed by atoms with E-state index < -0.39 is 5.97 Å². The molecule has 0 unspecified atom stereocenters. The lowest BCUT2D eigenvalue weighted by molar-refractivity contribution is 0.0701. The molecule has 5 heteroatoms. The normalized spacial score (nSPS) is 10.5. The largest absolute Gasteiger partial charge is 0.496 e. The fourth-order valence-corrected chi connectivity index (χ4v) is 2.76. The predicted molar refractivity (Wildman–Crippen MR) is 74.3 cm³/mol. The average molecular weight is 277 g/mol. The Morgan fingerprint density at radius 2 is 2.16 bits per heavy atom. The number of nitrogens with zero attached hydrogens (tertiary/aromatic N) is 1. The quantitative estimate of drug-likeness (QED) is 0.933.